The molecule has 2 aromatic heterocycles. The molecule has 1 aliphatic rings. The first kappa shape index (κ1) is 19.5. The third-order valence-electron chi connectivity index (χ3n) is 5.04. The number of carbonyl (C=O) groups is 1. The van der Waals surface area contributed by atoms with Gasteiger partial charge in [-0.3, -0.25) is 4.79 Å². The Hall–Kier alpha value is -2.78. The van der Waals surface area contributed by atoms with Gasteiger partial charge in [0.25, 0.3) is 5.91 Å². The number of carbonyl (C=O) groups excluding carboxylic acids is 1. The number of nitrogens with zero attached hydrogens (tertiary/aromatic N) is 2. The molecule has 0 unspecified atom stereocenters. The first-order valence-corrected chi connectivity index (χ1v) is 10.2. The Balaban J connectivity index is 1.69. The number of ether oxygens (including phenoxy) is 1. The third kappa shape index (κ3) is 4.01. The van der Waals surface area contributed by atoms with Gasteiger partial charge in [0.15, 0.2) is 0 Å². The van der Waals surface area contributed by atoms with Gasteiger partial charge in [0, 0.05) is 12.5 Å². The predicted octanol–water partition coefficient (Wildman–Crippen LogP) is 3.66. The summed E-state index contributed by atoms with van der Waals surface area (Å²) in [6.07, 6.45) is 3.74. The van der Waals surface area contributed by atoms with Gasteiger partial charge in [0.2, 0.25) is 0 Å². The summed E-state index contributed by atoms with van der Waals surface area (Å²) < 4.78 is 19.9. The Morgan fingerprint density at radius 3 is 2.97 bits per heavy atom. The molecule has 2 heterocycles. The molecule has 1 aromatic carbocycles. The molecule has 29 heavy (non-hydrogen) atoms. The molecule has 0 radical (unpaired) electrons. The van der Waals surface area contributed by atoms with E-state index in [0.29, 0.717) is 44.3 Å². The van der Waals surface area contributed by atoms with Gasteiger partial charge in [-0.25, -0.2) is 14.4 Å². The van der Waals surface area contributed by atoms with Crippen molar-refractivity contribution in [1.29, 1.82) is 0 Å². The van der Waals surface area contributed by atoms with Gasteiger partial charge < -0.3 is 20.9 Å². The lowest BCUT2D eigenvalue weighted by Gasteiger charge is -2.27. The van der Waals surface area contributed by atoms with Crippen LogP contribution in [0, 0.1) is 12.7 Å². The number of aliphatic hydroxyl groups excluding tert-OH is 1. The van der Waals surface area contributed by atoms with Crippen molar-refractivity contribution in [3.05, 3.63) is 40.8 Å². The van der Waals surface area contributed by atoms with E-state index in [1.54, 1.807) is 13.0 Å². The van der Waals surface area contributed by atoms with Crippen molar-refractivity contribution in [2.24, 2.45) is 5.73 Å². The number of benzene rings is 1. The van der Waals surface area contributed by atoms with Gasteiger partial charge in [-0.05, 0) is 43.9 Å². The molecule has 2 atom stereocenters. The van der Waals surface area contributed by atoms with Crippen LogP contribution in [0.25, 0.3) is 10.2 Å². The second kappa shape index (κ2) is 7.92. The number of nitrogens with two attached hydrogens (primary N) is 1. The zero-order chi connectivity index (χ0) is 20.5. The molecule has 9 heteroatoms. The summed E-state index contributed by atoms with van der Waals surface area (Å²) in [5.74, 6) is -0.106. The van der Waals surface area contributed by atoms with Crippen molar-refractivity contribution in [3.8, 4) is 5.75 Å². The summed E-state index contributed by atoms with van der Waals surface area (Å²) in [6.45, 7) is 1.79. The number of aryl methyl sites for hydroxylation is 1. The van der Waals surface area contributed by atoms with E-state index in [2.05, 4.69) is 15.3 Å². The summed E-state index contributed by atoms with van der Waals surface area (Å²) in [7, 11) is 0. The SMILES string of the molecule is Cc1c(C(N)=O)sc2ncnc(Nc3ccc(F)cc3O[C@@H]3CCC[C@@H](O)C3)c12. The van der Waals surface area contributed by atoms with Crippen LogP contribution in [0.5, 0.6) is 5.75 Å². The predicted molar refractivity (Wildman–Crippen MR) is 109 cm³/mol. The molecule has 0 aliphatic heterocycles. The molecule has 0 bridgehead atoms. The monoisotopic (exact) mass is 416 g/mol. The van der Waals surface area contributed by atoms with Crippen LogP contribution in [0.3, 0.4) is 0 Å². The van der Waals surface area contributed by atoms with Crippen LogP contribution < -0.4 is 15.8 Å². The number of thiophene rings is 1. The lowest BCUT2D eigenvalue weighted by Crippen LogP contribution is -2.28. The molecule has 1 aliphatic carbocycles. The largest absolute Gasteiger partial charge is 0.488 e. The Morgan fingerprint density at radius 1 is 1.38 bits per heavy atom. The van der Waals surface area contributed by atoms with E-state index in [-0.39, 0.29) is 6.10 Å². The minimum Gasteiger partial charge on any atom is -0.488 e. The number of hydrogen-bond acceptors (Lipinski definition) is 7. The van der Waals surface area contributed by atoms with Crippen LogP contribution in [-0.2, 0) is 0 Å². The highest BCUT2D eigenvalue weighted by molar-refractivity contribution is 7.20. The number of hydrogen-bond donors (Lipinski definition) is 3. The van der Waals surface area contributed by atoms with Gasteiger partial charge in [-0.1, -0.05) is 0 Å². The average Bonchev–Trinajstić information content (AvgIpc) is 3.02. The first-order valence-electron chi connectivity index (χ1n) is 9.37. The maximum absolute atomic E-state index is 13.9. The van der Waals surface area contributed by atoms with Crippen molar-refractivity contribution in [2.45, 2.75) is 44.8 Å². The van der Waals surface area contributed by atoms with E-state index in [9.17, 15) is 14.3 Å². The maximum Gasteiger partial charge on any atom is 0.259 e. The number of fused-ring (bicyclic) bond motifs is 1. The smallest absolute Gasteiger partial charge is 0.259 e. The second-order valence-electron chi connectivity index (χ2n) is 7.15. The van der Waals surface area contributed by atoms with E-state index in [1.807, 2.05) is 0 Å². The summed E-state index contributed by atoms with van der Waals surface area (Å²) in [5, 5.41) is 13.8. The highest BCUT2D eigenvalue weighted by Gasteiger charge is 2.23. The third-order valence-corrected chi connectivity index (χ3v) is 6.25. The lowest BCUT2D eigenvalue weighted by atomic mass is 9.95. The van der Waals surface area contributed by atoms with Crippen LogP contribution >= 0.6 is 11.3 Å². The van der Waals surface area contributed by atoms with Gasteiger partial charge in [-0.2, -0.15) is 0 Å². The number of halogens is 1. The number of amides is 1. The topological polar surface area (TPSA) is 110 Å². The fourth-order valence-corrected chi connectivity index (χ4v) is 4.63. The van der Waals surface area contributed by atoms with Crippen molar-refractivity contribution >= 4 is 39.0 Å². The molecule has 4 N–H and O–H groups in total. The average molecular weight is 416 g/mol. The normalized spacial score (nSPS) is 19.3. The zero-order valence-electron chi connectivity index (χ0n) is 15.8. The van der Waals surface area contributed by atoms with Gasteiger partial charge in [0.05, 0.1) is 22.1 Å². The Morgan fingerprint density at radius 2 is 2.21 bits per heavy atom. The minimum absolute atomic E-state index is 0.184. The summed E-state index contributed by atoms with van der Waals surface area (Å²) in [5.41, 5.74) is 6.69. The molecule has 1 saturated carbocycles. The minimum atomic E-state index is -0.516. The van der Waals surface area contributed by atoms with Crippen molar-refractivity contribution in [1.82, 2.24) is 9.97 Å². The number of anilines is 2. The van der Waals surface area contributed by atoms with Crippen molar-refractivity contribution in [3.63, 3.8) is 0 Å². The highest BCUT2D eigenvalue weighted by Crippen LogP contribution is 2.37. The lowest BCUT2D eigenvalue weighted by molar-refractivity contribution is 0.0538. The number of nitrogens with one attached hydrogen (secondary N) is 1. The maximum atomic E-state index is 13.9. The molecule has 4 rings (SSSR count). The fourth-order valence-electron chi connectivity index (χ4n) is 3.63. The van der Waals surface area contributed by atoms with E-state index in [4.69, 9.17) is 10.5 Å². The molecule has 0 spiro atoms. The van der Waals surface area contributed by atoms with E-state index in [1.165, 1.54) is 29.8 Å². The molecule has 152 valence electrons. The fraction of sp³-hybridized carbons (Fsp3) is 0.350. The first-order chi connectivity index (χ1) is 13.9. The second-order valence-corrected chi connectivity index (χ2v) is 8.15. The van der Waals surface area contributed by atoms with Gasteiger partial charge >= 0.3 is 0 Å². The van der Waals surface area contributed by atoms with Gasteiger partial charge in [-0.15, -0.1) is 11.3 Å². The van der Waals surface area contributed by atoms with Crippen LogP contribution in [0.4, 0.5) is 15.9 Å². The van der Waals surface area contributed by atoms with Crippen LogP contribution in [0.2, 0.25) is 0 Å². The molecule has 7 nitrogen and oxygen atoms in total. The summed E-state index contributed by atoms with van der Waals surface area (Å²) >= 11 is 1.21. The van der Waals surface area contributed by atoms with E-state index in [0.717, 1.165) is 19.3 Å². The molecule has 1 amide bonds. The number of aromatic nitrogens is 2. The van der Waals surface area contributed by atoms with Crippen molar-refractivity contribution in [2.75, 3.05) is 5.32 Å². The Kier molecular flexibility index (Phi) is 5.33. The quantitative estimate of drug-likeness (QED) is 0.585. The van der Waals surface area contributed by atoms with Gasteiger partial charge in [0.1, 0.15) is 34.6 Å². The van der Waals surface area contributed by atoms with Crippen LogP contribution in [-0.4, -0.2) is 33.2 Å². The van der Waals surface area contributed by atoms with E-state index < -0.39 is 17.8 Å². The highest BCUT2D eigenvalue weighted by atomic mass is 32.1. The zero-order valence-corrected chi connectivity index (χ0v) is 16.6. The number of primary amides is 1. The molecule has 1 fully saturated rings. The standard InChI is InChI=1S/C20H21FN4O3S/c1-10-16-19(23-9-24-20(16)29-17(10)18(22)27)25-14-6-5-11(21)7-15(14)28-13-4-2-3-12(26)8-13/h5-7,9,12-13,26H,2-4,8H2,1H3,(H2,22,27)(H,23,24,25)/t12-,13-/m1/s1. The van der Waals surface area contributed by atoms with Crippen molar-refractivity contribution < 1.29 is 19.0 Å². The number of aliphatic hydroxyl groups is 1. The molecule has 3 aromatic rings. The molecular formula is C20H21FN4O3S. The number of rotatable bonds is 5. The molecule has 0 saturated heterocycles. The Bertz CT molecular complexity index is 1070. The Labute approximate surface area is 170 Å². The van der Waals surface area contributed by atoms with Crippen LogP contribution in [0.15, 0.2) is 24.5 Å². The summed E-state index contributed by atoms with van der Waals surface area (Å²) in [6, 6.07) is 4.23. The van der Waals surface area contributed by atoms with E-state index >= 15 is 0 Å². The van der Waals surface area contributed by atoms with Crippen LogP contribution in [0.1, 0.15) is 40.9 Å². The summed E-state index contributed by atoms with van der Waals surface area (Å²) in [4.78, 5) is 21.3. The molecular weight excluding hydrogens is 395 g/mol.